The fourth-order valence-electron chi connectivity index (χ4n) is 5.95. The molecule has 3 N–H and O–H groups in total. The number of hydrogen-bond acceptors (Lipinski definition) is 6. The van der Waals surface area contributed by atoms with E-state index in [4.69, 9.17) is 10.5 Å². The number of rotatable bonds is 3. The monoisotopic (exact) mass is 534 g/mol. The summed E-state index contributed by atoms with van der Waals surface area (Å²) >= 11 is 0. The fraction of sp³-hybridized carbons (Fsp3) is 0.357. The van der Waals surface area contributed by atoms with Crippen molar-refractivity contribution in [3.63, 3.8) is 0 Å². The van der Waals surface area contributed by atoms with Crippen molar-refractivity contribution in [1.29, 1.82) is 0 Å². The van der Waals surface area contributed by atoms with Gasteiger partial charge in [0.25, 0.3) is 0 Å². The quantitative estimate of drug-likeness (QED) is 0.374. The van der Waals surface area contributed by atoms with E-state index in [1.165, 1.54) is 12.1 Å². The smallest absolute Gasteiger partial charge is 0.410 e. The third-order valence-electron chi connectivity index (χ3n) is 7.84. The Labute approximate surface area is 222 Å². The Kier molecular flexibility index (Phi) is 6.59. The van der Waals surface area contributed by atoms with E-state index in [9.17, 15) is 18.4 Å². The average Bonchev–Trinajstić information content (AvgIpc) is 3.20. The lowest BCUT2D eigenvalue weighted by molar-refractivity contribution is 0.0473. The number of ether oxygens (including phenoxy) is 1. The Morgan fingerprint density at radius 1 is 1.00 bits per heavy atom. The molecule has 1 aliphatic heterocycles. The summed E-state index contributed by atoms with van der Waals surface area (Å²) in [6.07, 6.45) is 4.18. The molecule has 0 bridgehead atoms. The summed E-state index contributed by atoms with van der Waals surface area (Å²) in [5, 5.41) is 0. The Morgan fingerprint density at radius 2 is 1.72 bits per heavy atom. The number of benzene rings is 1. The summed E-state index contributed by atoms with van der Waals surface area (Å²) in [4.78, 5) is 38.9. The molecule has 0 spiro atoms. The summed E-state index contributed by atoms with van der Waals surface area (Å²) in [6.45, 7) is 0.852. The van der Waals surface area contributed by atoms with Crippen LogP contribution in [0.2, 0.25) is 0 Å². The van der Waals surface area contributed by atoms with Gasteiger partial charge in [-0.2, -0.15) is 0 Å². The number of nitrogens with two attached hydrogens (primary N) is 1. The molecule has 1 saturated heterocycles. The molecule has 39 heavy (non-hydrogen) atoms. The van der Waals surface area contributed by atoms with E-state index in [0.29, 0.717) is 61.2 Å². The number of aromatic amines is 1. The molecule has 3 aromatic heterocycles. The molecular formula is C28H28F2N6O3. The number of nitrogens with one attached hydrogen (secondary N) is 1. The number of hydrogen-bond donors (Lipinski definition) is 2. The fourth-order valence-corrected chi connectivity index (χ4v) is 5.95. The molecule has 1 fully saturated rings. The van der Waals surface area contributed by atoms with Crippen molar-refractivity contribution in [2.75, 3.05) is 13.1 Å². The molecule has 0 saturated carbocycles. The molecule has 0 radical (unpaired) electrons. The van der Waals surface area contributed by atoms with Crippen molar-refractivity contribution in [3.05, 3.63) is 93.8 Å². The largest absolute Gasteiger partial charge is 0.440 e. The van der Waals surface area contributed by atoms with Crippen LogP contribution >= 0.6 is 0 Å². The van der Waals surface area contributed by atoms with Gasteiger partial charge in [-0.05, 0) is 67.1 Å². The van der Waals surface area contributed by atoms with Gasteiger partial charge in [-0.15, -0.1) is 0 Å². The van der Waals surface area contributed by atoms with Crippen molar-refractivity contribution in [2.24, 2.45) is 5.73 Å². The van der Waals surface area contributed by atoms with E-state index in [1.807, 2.05) is 12.1 Å². The maximum Gasteiger partial charge on any atom is 0.410 e. The second kappa shape index (κ2) is 10.2. The standard InChI is InChI=1S/C28H28F2N6O3/c29-17-13-16(14-18(30)15-17)20-5-6-23(25-21(24(20)31)3-1-9-32-25)39-28(38)35-11-7-19(8-12-35)36-22-4-2-10-33-26(22)34-27(36)37/h1-4,9-10,13-15,19-20,23-24H,5-8,11-12,31H2,(H,33,34,37)/t20?,23-,24?/m1/s1. The lowest BCUT2D eigenvalue weighted by Gasteiger charge is -2.33. The molecule has 3 atom stereocenters. The number of imidazole rings is 1. The van der Waals surface area contributed by atoms with Crippen LogP contribution in [-0.4, -0.2) is 43.6 Å². The van der Waals surface area contributed by atoms with E-state index in [2.05, 4.69) is 15.0 Å². The first-order chi connectivity index (χ1) is 18.9. The number of carbonyl (C=O) groups is 1. The van der Waals surface area contributed by atoms with Crippen LogP contribution in [0.15, 0.2) is 59.7 Å². The summed E-state index contributed by atoms with van der Waals surface area (Å²) in [7, 11) is 0. The highest BCUT2D eigenvalue weighted by molar-refractivity contribution is 5.70. The van der Waals surface area contributed by atoms with Crippen LogP contribution in [0.3, 0.4) is 0 Å². The maximum atomic E-state index is 14.0. The number of pyridine rings is 2. The van der Waals surface area contributed by atoms with Gasteiger partial charge in [0.1, 0.15) is 17.7 Å². The Hall–Kier alpha value is -4.12. The zero-order valence-electron chi connectivity index (χ0n) is 21.1. The SMILES string of the molecule is NC1c2cccnc2[C@H](OC(=O)N2CCC(n3c(=O)[nH]c4ncccc43)CC2)CCC1c1cc(F)cc(F)c1. The number of amides is 1. The summed E-state index contributed by atoms with van der Waals surface area (Å²) in [6, 6.07) is 10.0. The molecule has 1 aliphatic carbocycles. The predicted molar refractivity (Wildman–Crippen MR) is 139 cm³/mol. The maximum absolute atomic E-state index is 14.0. The number of H-pyrrole nitrogens is 1. The van der Waals surface area contributed by atoms with Crippen molar-refractivity contribution in [3.8, 4) is 0 Å². The van der Waals surface area contributed by atoms with Crippen LogP contribution < -0.4 is 11.4 Å². The molecule has 1 aromatic carbocycles. The number of halogens is 2. The third kappa shape index (κ3) is 4.78. The van der Waals surface area contributed by atoms with Crippen LogP contribution in [0.1, 0.15) is 66.6 Å². The molecule has 2 unspecified atom stereocenters. The zero-order chi connectivity index (χ0) is 27.1. The number of piperidine rings is 1. The van der Waals surface area contributed by atoms with Crippen molar-refractivity contribution < 1.29 is 18.3 Å². The summed E-state index contributed by atoms with van der Waals surface area (Å²) < 4.78 is 35.7. The number of fused-ring (bicyclic) bond motifs is 2. The highest BCUT2D eigenvalue weighted by Crippen LogP contribution is 2.42. The Balaban J connectivity index is 1.17. The Morgan fingerprint density at radius 3 is 2.49 bits per heavy atom. The van der Waals surface area contributed by atoms with Crippen molar-refractivity contribution >= 4 is 17.3 Å². The molecule has 2 aliphatic rings. The zero-order valence-corrected chi connectivity index (χ0v) is 21.1. The van der Waals surface area contributed by atoms with Gasteiger partial charge < -0.3 is 15.4 Å². The molecule has 11 heteroatoms. The average molecular weight is 535 g/mol. The molecule has 4 heterocycles. The third-order valence-corrected chi connectivity index (χ3v) is 7.84. The van der Waals surface area contributed by atoms with Gasteiger partial charge in [-0.1, -0.05) is 6.07 Å². The van der Waals surface area contributed by atoms with Crippen molar-refractivity contribution in [1.82, 2.24) is 24.4 Å². The minimum absolute atomic E-state index is 0.0646. The number of aromatic nitrogens is 4. The highest BCUT2D eigenvalue weighted by Gasteiger charge is 2.35. The van der Waals surface area contributed by atoms with Gasteiger partial charge in [0, 0.05) is 49.6 Å². The number of carbonyl (C=O) groups excluding carboxylic acids is 1. The van der Waals surface area contributed by atoms with Crippen LogP contribution in [0, 0.1) is 11.6 Å². The minimum atomic E-state index is -0.662. The molecule has 6 rings (SSSR count). The van der Waals surface area contributed by atoms with Crippen LogP contribution in [0.4, 0.5) is 13.6 Å². The van der Waals surface area contributed by atoms with Crippen LogP contribution in [0.25, 0.3) is 11.2 Å². The Bertz CT molecular complexity index is 1560. The molecule has 9 nitrogen and oxygen atoms in total. The van der Waals surface area contributed by atoms with Gasteiger partial charge in [-0.25, -0.2) is 23.4 Å². The molecule has 1 amide bonds. The van der Waals surface area contributed by atoms with Gasteiger partial charge in [0.15, 0.2) is 5.65 Å². The van der Waals surface area contributed by atoms with E-state index < -0.39 is 29.9 Å². The van der Waals surface area contributed by atoms with Gasteiger partial charge in [-0.3, -0.25) is 14.5 Å². The first kappa shape index (κ1) is 25.2. The predicted octanol–water partition coefficient (Wildman–Crippen LogP) is 4.49. The first-order valence-corrected chi connectivity index (χ1v) is 13.1. The lowest BCUT2D eigenvalue weighted by Crippen LogP contribution is -2.41. The van der Waals surface area contributed by atoms with E-state index in [-0.39, 0.29) is 17.6 Å². The van der Waals surface area contributed by atoms with E-state index >= 15 is 0 Å². The van der Waals surface area contributed by atoms with E-state index in [1.54, 1.807) is 34.0 Å². The van der Waals surface area contributed by atoms with Crippen molar-refractivity contribution in [2.45, 2.75) is 49.8 Å². The second-order valence-electron chi connectivity index (χ2n) is 10.2. The first-order valence-electron chi connectivity index (χ1n) is 13.1. The number of nitrogens with zero attached hydrogens (tertiary/aromatic N) is 4. The van der Waals surface area contributed by atoms with Crippen LogP contribution in [-0.2, 0) is 4.74 Å². The van der Waals surface area contributed by atoms with Gasteiger partial charge in [0.05, 0.1) is 11.2 Å². The van der Waals surface area contributed by atoms with Gasteiger partial charge >= 0.3 is 11.8 Å². The van der Waals surface area contributed by atoms with E-state index in [0.717, 1.165) is 11.6 Å². The second-order valence-corrected chi connectivity index (χ2v) is 10.2. The van der Waals surface area contributed by atoms with Crippen LogP contribution in [0.5, 0.6) is 0 Å². The minimum Gasteiger partial charge on any atom is -0.440 e. The van der Waals surface area contributed by atoms with Gasteiger partial charge in [0.2, 0.25) is 0 Å². The number of likely N-dealkylation sites (tertiary alicyclic amines) is 1. The molecule has 202 valence electrons. The summed E-state index contributed by atoms with van der Waals surface area (Å²) in [5.41, 5.74) is 9.39. The lowest BCUT2D eigenvalue weighted by atomic mass is 9.86. The highest BCUT2D eigenvalue weighted by atomic mass is 19.1. The normalized spacial score (nSPS) is 21.9. The molecule has 4 aromatic rings. The summed E-state index contributed by atoms with van der Waals surface area (Å²) in [5.74, 6) is -1.70. The molecular weight excluding hydrogens is 506 g/mol. The topological polar surface area (TPSA) is 119 Å².